The summed E-state index contributed by atoms with van der Waals surface area (Å²) in [4.78, 5) is 26.8. The zero-order valence-electron chi connectivity index (χ0n) is 23.2. The Hall–Kier alpha value is -4.02. The van der Waals surface area contributed by atoms with Crippen molar-refractivity contribution >= 4 is 45.9 Å². The average molecular weight is 596 g/mol. The lowest BCUT2D eigenvalue weighted by molar-refractivity contribution is -0.274. The summed E-state index contributed by atoms with van der Waals surface area (Å²) in [6.45, 7) is 3.33. The van der Waals surface area contributed by atoms with Crippen LogP contribution in [0.5, 0.6) is 5.75 Å². The number of nitrogens with zero attached hydrogens (tertiary/aromatic N) is 1. The van der Waals surface area contributed by atoms with E-state index in [1.807, 2.05) is 67.7 Å². The number of urea groups is 1. The van der Waals surface area contributed by atoms with Crippen molar-refractivity contribution in [3.8, 4) is 5.75 Å². The number of hydrogen-bond acceptors (Lipinski definition) is 4. The summed E-state index contributed by atoms with van der Waals surface area (Å²) in [5.74, 6) is -1.28. The molecule has 0 aromatic heterocycles. The summed E-state index contributed by atoms with van der Waals surface area (Å²) in [7, 11) is 1.86. The summed E-state index contributed by atoms with van der Waals surface area (Å²) in [5, 5.41) is 14.4. The molecule has 42 heavy (non-hydrogen) atoms. The van der Waals surface area contributed by atoms with Gasteiger partial charge in [-0.2, -0.15) is 0 Å². The number of amides is 2. The van der Waals surface area contributed by atoms with Crippen LogP contribution in [0.1, 0.15) is 25.0 Å². The highest BCUT2D eigenvalue weighted by atomic mass is 32.2. The van der Waals surface area contributed by atoms with Crippen molar-refractivity contribution in [1.82, 2.24) is 4.48 Å². The second-order valence-corrected chi connectivity index (χ2v) is 12.7. The number of quaternary nitrogens is 1. The maximum atomic E-state index is 14.2. The predicted molar refractivity (Wildman–Crippen MR) is 159 cm³/mol. The summed E-state index contributed by atoms with van der Waals surface area (Å²) >= 11 is 1.27. The van der Waals surface area contributed by atoms with Gasteiger partial charge in [-0.05, 0) is 72.8 Å². The third-order valence-electron chi connectivity index (χ3n) is 7.74. The van der Waals surface area contributed by atoms with Crippen LogP contribution in [0.15, 0.2) is 89.8 Å². The quantitative estimate of drug-likeness (QED) is 0.167. The van der Waals surface area contributed by atoms with Gasteiger partial charge in [0.15, 0.2) is 0 Å². The third kappa shape index (κ3) is 5.96. The minimum Gasteiger partial charge on any atom is -0.480 e. The fourth-order valence-corrected chi connectivity index (χ4v) is 6.42. The number of ether oxygens (including phenoxy) is 1. The van der Waals surface area contributed by atoms with Gasteiger partial charge in [-0.1, -0.05) is 36.4 Å². The molecule has 0 radical (unpaired) electrons. The third-order valence-corrected chi connectivity index (χ3v) is 8.91. The predicted octanol–water partition coefficient (Wildman–Crippen LogP) is 8.03. The Labute approximate surface area is 245 Å². The van der Waals surface area contributed by atoms with E-state index in [-0.39, 0.29) is 22.3 Å². The van der Waals surface area contributed by atoms with Gasteiger partial charge in [-0.25, -0.2) is 9.28 Å². The first kappa shape index (κ1) is 29.5. The zero-order chi connectivity index (χ0) is 30.3. The highest BCUT2D eigenvalue weighted by molar-refractivity contribution is 8.01. The molecule has 218 valence electrons. The van der Waals surface area contributed by atoms with Crippen molar-refractivity contribution in [1.29, 1.82) is 0 Å². The topological polar surface area (TPSA) is 75.6 Å². The van der Waals surface area contributed by atoms with Crippen molar-refractivity contribution in [3.05, 3.63) is 96.1 Å². The second kappa shape index (κ2) is 11.0. The number of anilines is 1. The van der Waals surface area contributed by atoms with E-state index in [0.717, 1.165) is 44.6 Å². The van der Waals surface area contributed by atoms with Gasteiger partial charge in [0, 0.05) is 34.9 Å². The van der Waals surface area contributed by atoms with Crippen molar-refractivity contribution in [3.63, 3.8) is 0 Å². The van der Waals surface area contributed by atoms with Gasteiger partial charge in [0.05, 0.1) is 7.05 Å². The van der Waals surface area contributed by atoms with Crippen LogP contribution in [0, 0.1) is 0 Å². The van der Waals surface area contributed by atoms with Crippen LogP contribution >= 0.6 is 11.8 Å². The van der Waals surface area contributed by atoms with Gasteiger partial charge in [-0.3, -0.25) is 10.1 Å². The van der Waals surface area contributed by atoms with Gasteiger partial charge in [-0.15, -0.1) is 24.9 Å². The van der Waals surface area contributed by atoms with E-state index in [2.05, 4.69) is 10.1 Å². The average Bonchev–Trinajstić information content (AvgIpc) is 3.36. The van der Waals surface area contributed by atoms with E-state index >= 15 is 0 Å². The first-order chi connectivity index (χ1) is 19.8. The number of fused-ring (bicyclic) bond motifs is 2. The Morgan fingerprint density at radius 3 is 2.29 bits per heavy atom. The number of carboxylic acids is 1. The van der Waals surface area contributed by atoms with Gasteiger partial charge in [0.25, 0.3) is 0 Å². The van der Waals surface area contributed by atoms with Crippen molar-refractivity contribution in [2.45, 2.75) is 48.7 Å². The molecule has 2 amide bonds. The number of aliphatic carboxylic acids is 1. The first-order valence-electron chi connectivity index (χ1n) is 13.3. The Balaban J connectivity index is 1.50. The Morgan fingerprint density at radius 2 is 1.60 bits per heavy atom. The highest BCUT2D eigenvalue weighted by Gasteiger charge is 2.46. The zero-order valence-corrected chi connectivity index (χ0v) is 24.1. The number of carbonyl (C=O) groups is 2. The number of halogens is 3. The molecular weight excluding hydrogens is 565 g/mol. The Morgan fingerprint density at radius 1 is 0.929 bits per heavy atom. The van der Waals surface area contributed by atoms with Crippen LogP contribution in [0.3, 0.4) is 0 Å². The largest absolute Gasteiger partial charge is 0.573 e. The molecule has 2 atom stereocenters. The van der Waals surface area contributed by atoms with Crippen LogP contribution in [0.4, 0.5) is 29.3 Å². The van der Waals surface area contributed by atoms with Gasteiger partial charge < -0.3 is 9.84 Å². The van der Waals surface area contributed by atoms with Gasteiger partial charge in [0.1, 0.15) is 22.2 Å². The maximum Gasteiger partial charge on any atom is 0.573 e. The van der Waals surface area contributed by atoms with Crippen molar-refractivity contribution in [2.75, 3.05) is 12.4 Å². The van der Waals surface area contributed by atoms with Crippen molar-refractivity contribution < 1.29 is 32.6 Å². The smallest absolute Gasteiger partial charge is 0.480 e. The minimum atomic E-state index is -4.81. The molecule has 1 aliphatic rings. The van der Waals surface area contributed by atoms with E-state index in [4.69, 9.17) is 0 Å². The lowest BCUT2D eigenvalue weighted by Crippen LogP contribution is -2.60. The number of carbonyl (C=O) groups excluding carboxylic acids is 1. The van der Waals surface area contributed by atoms with Crippen LogP contribution in [-0.2, 0) is 17.6 Å². The second-order valence-electron chi connectivity index (χ2n) is 11.0. The van der Waals surface area contributed by atoms with Crippen LogP contribution in [0.2, 0.25) is 0 Å². The number of carboxylic acid groups (broad SMARTS) is 1. The lowest BCUT2D eigenvalue weighted by atomic mass is 10.0. The van der Waals surface area contributed by atoms with E-state index in [0.29, 0.717) is 18.5 Å². The molecule has 2 unspecified atom stereocenters. The molecule has 0 spiro atoms. The van der Waals surface area contributed by atoms with E-state index < -0.39 is 17.1 Å². The summed E-state index contributed by atoms with van der Waals surface area (Å²) < 4.78 is 40.7. The van der Waals surface area contributed by atoms with E-state index in [1.54, 1.807) is 13.8 Å². The summed E-state index contributed by atoms with van der Waals surface area (Å²) in [6, 6.07) is 24.1. The fraction of sp³-hybridized carbons (Fsp3) is 0.250. The number of alkyl halides is 3. The molecule has 5 rings (SSSR count). The SMILES string of the molecule is CC(C)(Sc1ccc2c(c1)CC([N+](C)(C(=O)Nc1ccc(OC(F)(F)F)cc1)c1cccc3ccccc13)C2)C(=O)O. The Bertz CT molecular complexity index is 1650. The standard InChI is InChI=1S/C32H29F3N2O4S/c1-31(2,29(38)39)42-26-16-11-21-17-24(18-22(21)19-26)37(3,28-10-6-8-20-7-4-5-9-27(20)28)30(40)36-23-12-14-25(15-13-23)41-32(33,34)35/h4-16,19,24H,17-18H2,1-3H3,(H-,36,38,39,40)/p+1. The number of benzene rings is 4. The van der Waals surface area contributed by atoms with E-state index in [1.165, 1.54) is 23.9 Å². The minimum absolute atomic E-state index is 0.111. The number of rotatable bonds is 7. The maximum absolute atomic E-state index is 14.2. The number of hydrogen-bond donors (Lipinski definition) is 2. The Kier molecular flexibility index (Phi) is 7.72. The van der Waals surface area contributed by atoms with Crippen LogP contribution in [-0.4, -0.2) is 41.3 Å². The van der Waals surface area contributed by atoms with Gasteiger partial charge >= 0.3 is 18.4 Å². The number of likely N-dealkylation sites (N-methyl/N-ethyl adjacent to an activating group) is 1. The lowest BCUT2D eigenvalue weighted by Gasteiger charge is -2.37. The first-order valence-corrected chi connectivity index (χ1v) is 14.1. The fourth-order valence-electron chi connectivity index (χ4n) is 5.40. The molecule has 2 N–H and O–H groups in total. The van der Waals surface area contributed by atoms with Crippen LogP contribution in [0.25, 0.3) is 10.8 Å². The number of nitrogens with one attached hydrogen (secondary N) is 1. The van der Waals surface area contributed by atoms with E-state index in [9.17, 15) is 27.9 Å². The molecule has 4 aromatic carbocycles. The monoisotopic (exact) mass is 595 g/mol. The molecule has 0 aliphatic heterocycles. The van der Waals surface area contributed by atoms with Crippen molar-refractivity contribution in [2.24, 2.45) is 0 Å². The normalized spacial score (nSPS) is 16.5. The molecule has 10 heteroatoms. The summed E-state index contributed by atoms with van der Waals surface area (Å²) in [5.41, 5.74) is 3.27. The molecule has 0 bridgehead atoms. The number of thioether (sulfide) groups is 1. The highest BCUT2D eigenvalue weighted by Crippen LogP contribution is 2.41. The molecule has 4 aromatic rings. The van der Waals surface area contributed by atoms with Gasteiger partial charge in [0.2, 0.25) is 0 Å². The molecule has 0 fully saturated rings. The summed E-state index contributed by atoms with van der Waals surface area (Å²) in [6.07, 6.45) is -3.63. The molecular formula is C32H30F3N2O4S+. The molecule has 0 saturated carbocycles. The molecule has 0 heterocycles. The molecule has 6 nitrogen and oxygen atoms in total. The van der Waals surface area contributed by atoms with Crippen LogP contribution < -0.4 is 14.5 Å². The molecule has 1 aliphatic carbocycles. The molecule has 0 saturated heterocycles.